The first kappa shape index (κ1) is 14.8. The van der Waals surface area contributed by atoms with Gasteiger partial charge in [-0.3, -0.25) is 9.89 Å². The number of H-pyrrole nitrogens is 1. The molecule has 0 saturated carbocycles. The van der Waals surface area contributed by atoms with Crippen LogP contribution in [0.2, 0.25) is 0 Å². The summed E-state index contributed by atoms with van der Waals surface area (Å²) in [6.07, 6.45) is 0.815. The average molecular weight is 358 g/mol. The molecule has 0 fully saturated rings. The molecule has 1 amide bonds. The lowest BCUT2D eigenvalue weighted by Crippen LogP contribution is -2.28. The molecule has 3 aromatic rings. The van der Waals surface area contributed by atoms with Gasteiger partial charge in [-0.2, -0.15) is 5.10 Å². The summed E-state index contributed by atoms with van der Waals surface area (Å²) in [5, 5.41) is 10.9. The monoisotopic (exact) mass is 357 g/mol. The molecule has 0 spiro atoms. The van der Waals surface area contributed by atoms with Crippen LogP contribution in [0.1, 0.15) is 35.4 Å². The normalized spacial score (nSPS) is 12.3. The van der Waals surface area contributed by atoms with Crippen molar-refractivity contribution in [3.63, 3.8) is 0 Å². The molecule has 22 heavy (non-hydrogen) atoms. The molecule has 0 bridgehead atoms. The number of nitrogens with one attached hydrogen (secondary N) is 2. The van der Waals surface area contributed by atoms with Crippen LogP contribution in [-0.2, 0) is 0 Å². The standard InChI is InChI=1S/C17H16BrN3O/c1-2-14(11-7-9-12(18)10-8-11)19-17(22)16-13-5-3-4-6-15(13)20-21-16/h3-10,14H,2H2,1H3,(H,19,22)(H,20,21). The van der Waals surface area contributed by atoms with Crippen molar-refractivity contribution < 1.29 is 4.79 Å². The van der Waals surface area contributed by atoms with Crippen LogP contribution in [0.25, 0.3) is 10.9 Å². The summed E-state index contributed by atoms with van der Waals surface area (Å²) < 4.78 is 1.02. The van der Waals surface area contributed by atoms with E-state index in [0.717, 1.165) is 27.4 Å². The van der Waals surface area contributed by atoms with Gasteiger partial charge in [0.15, 0.2) is 5.69 Å². The molecular weight excluding hydrogens is 342 g/mol. The first-order valence-electron chi connectivity index (χ1n) is 7.18. The molecule has 0 aliphatic heterocycles. The highest BCUT2D eigenvalue weighted by Gasteiger charge is 2.18. The van der Waals surface area contributed by atoms with Crippen molar-refractivity contribution in [1.29, 1.82) is 0 Å². The van der Waals surface area contributed by atoms with E-state index in [-0.39, 0.29) is 11.9 Å². The van der Waals surface area contributed by atoms with Crippen molar-refractivity contribution in [2.75, 3.05) is 0 Å². The van der Waals surface area contributed by atoms with Gasteiger partial charge >= 0.3 is 0 Å². The topological polar surface area (TPSA) is 57.8 Å². The zero-order chi connectivity index (χ0) is 15.5. The molecule has 1 unspecified atom stereocenters. The average Bonchev–Trinajstić information content (AvgIpc) is 2.97. The summed E-state index contributed by atoms with van der Waals surface area (Å²) in [5.41, 5.74) is 2.38. The number of fused-ring (bicyclic) bond motifs is 1. The summed E-state index contributed by atoms with van der Waals surface area (Å²) >= 11 is 3.42. The Hall–Kier alpha value is -2.14. The minimum absolute atomic E-state index is 0.0314. The Balaban J connectivity index is 1.84. The number of carbonyl (C=O) groups excluding carboxylic acids is 1. The second-order valence-corrected chi connectivity index (χ2v) is 6.02. The third kappa shape index (κ3) is 2.90. The fourth-order valence-corrected chi connectivity index (χ4v) is 2.74. The van der Waals surface area contributed by atoms with Gasteiger partial charge in [0.05, 0.1) is 11.6 Å². The number of hydrogen-bond acceptors (Lipinski definition) is 2. The van der Waals surface area contributed by atoms with Gasteiger partial charge in [0.25, 0.3) is 5.91 Å². The van der Waals surface area contributed by atoms with Crippen LogP contribution in [0.15, 0.2) is 53.0 Å². The van der Waals surface area contributed by atoms with Crippen LogP contribution >= 0.6 is 15.9 Å². The minimum atomic E-state index is -0.160. The Labute approximate surface area is 137 Å². The minimum Gasteiger partial charge on any atom is -0.344 e. The summed E-state index contributed by atoms with van der Waals surface area (Å²) in [6.45, 7) is 2.05. The summed E-state index contributed by atoms with van der Waals surface area (Å²) in [4.78, 5) is 12.5. The van der Waals surface area contributed by atoms with E-state index in [1.807, 2.05) is 48.5 Å². The third-order valence-corrected chi connectivity index (χ3v) is 4.20. The molecule has 1 heterocycles. The molecule has 1 aromatic heterocycles. The molecule has 1 atom stereocenters. The van der Waals surface area contributed by atoms with Crippen molar-refractivity contribution in [2.45, 2.75) is 19.4 Å². The molecule has 4 nitrogen and oxygen atoms in total. The van der Waals surface area contributed by atoms with Crippen LogP contribution in [-0.4, -0.2) is 16.1 Å². The smallest absolute Gasteiger partial charge is 0.272 e. The number of para-hydroxylation sites is 1. The van der Waals surface area contributed by atoms with Crippen LogP contribution in [0.4, 0.5) is 0 Å². The molecule has 0 radical (unpaired) electrons. The first-order valence-corrected chi connectivity index (χ1v) is 7.97. The molecule has 0 saturated heterocycles. The van der Waals surface area contributed by atoms with Gasteiger partial charge in [0, 0.05) is 9.86 Å². The quantitative estimate of drug-likeness (QED) is 0.734. The number of aromatic nitrogens is 2. The number of carbonyl (C=O) groups is 1. The molecule has 5 heteroatoms. The van der Waals surface area contributed by atoms with E-state index in [2.05, 4.69) is 38.4 Å². The zero-order valence-electron chi connectivity index (χ0n) is 12.1. The molecule has 0 aliphatic carbocycles. The fraction of sp³-hybridized carbons (Fsp3) is 0.176. The Morgan fingerprint density at radius 1 is 1.23 bits per heavy atom. The van der Waals surface area contributed by atoms with Crippen molar-refractivity contribution in [2.24, 2.45) is 0 Å². The lowest BCUT2D eigenvalue weighted by atomic mass is 10.0. The molecule has 112 valence electrons. The predicted molar refractivity (Wildman–Crippen MR) is 90.7 cm³/mol. The van der Waals surface area contributed by atoms with Crippen LogP contribution in [0.5, 0.6) is 0 Å². The Bertz CT molecular complexity index is 795. The highest BCUT2D eigenvalue weighted by atomic mass is 79.9. The summed E-state index contributed by atoms with van der Waals surface area (Å²) in [5.74, 6) is -0.160. The van der Waals surface area contributed by atoms with Gasteiger partial charge in [0.2, 0.25) is 0 Å². The van der Waals surface area contributed by atoms with Crippen molar-refractivity contribution in [1.82, 2.24) is 15.5 Å². The van der Waals surface area contributed by atoms with Crippen molar-refractivity contribution in [3.05, 3.63) is 64.3 Å². The van der Waals surface area contributed by atoms with Crippen LogP contribution in [0.3, 0.4) is 0 Å². The van der Waals surface area contributed by atoms with Crippen molar-refractivity contribution in [3.8, 4) is 0 Å². The van der Waals surface area contributed by atoms with E-state index in [1.54, 1.807) is 0 Å². The third-order valence-electron chi connectivity index (χ3n) is 3.67. The summed E-state index contributed by atoms with van der Waals surface area (Å²) in [6, 6.07) is 15.6. The maximum atomic E-state index is 12.5. The van der Waals surface area contributed by atoms with E-state index in [1.165, 1.54) is 0 Å². The number of benzene rings is 2. The second-order valence-electron chi connectivity index (χ2n) is 5.10. The lowest BCUT2D eigenvalue weighted by molar-refractivity contribution is 0.0932. The number of aromatic amines is 1. The lowest BCUT2D eigenvalue weighted by Gasteiger charge is -2.17. The van der Waals surface area contributed by atoms with Gasteiger partial charge in [-0.1, -0.05) is 53.2 Å². The highest BCUT2D eigenvalue weighted by Crippen LogP contribution is 2.21. The molecule has 3 rings (SSSR count). The van der Waals surface area contributed by atoms with Gasteiger partial charge in [-0.15, -0.1) is 0 Å². The van der Waals surface area contributed by atoms with E-state index in [0.29, 0.717) is 5.69 Å². The summed E-state index contributed by atoms with van der Waals surface area (Å²) in [7, 11) is 0. The second kappa shape index (κ2) is 6.32. The molecule has 2 aromatic carbocycles. The largest absolute Gasteiger partial charge is 0.344 e. The zero-order valence-corrected chi connectivity index (χ0v) is 13.7. The Morgan fingerprint density at radius 2 is 1.95 bits per heavy atom. The van der Waals surface area contributed by atoms with Crippen molar-refractivity contribution >= 4 is 32.7 Å². The Morgan fingerprint density at radius 3 is 2.68 bits per heavy atom. The highest BCUT2D eigenvalue weighted by molar-refractivity contribution is 9.10. The molecular formula is C17H16BrN3O. The van der Waals surface area contributed by atoms with Gasteiger partial charge < -0.3 is 5.32 Å². The molecule has 0 aliphatic rings. The SMILES string of the molecule is CCC(NC(=O)c1n[nH]c2ccccc12)c1ccc(Br)cc1. The fourth-order valence-electron chi connectivity index (χ4n) is 2.48. The van der Waals surface area contributed by atoms with E-state index in [9.17, 15) is 4.79 Å². The number of amides is 1. The maximum Gasteiger partial charge on any atom is 0.272 e. The van der Waals surface area contributed by atoms with E-state index < -0.39 is 0 Å². The number of halogens is 1. The van der Waals surface area contributed by atoms with Gasteiger partial charge in [-0.05, 0) is 30.2 Å². The number of nitrogens with zero attached hydrogens (tertiary/aromatic N) is 1. The van der Waals surface area contributed by atoms with E-state index in [4.69, 9.17) is 0 Å². The van der Waals surface area contributed by atoms with E-state index >= 15 is 0 Å². The Kier molecular flexibility index (Phi) is 4.24. The number of hydrogen-bond donors (Lipinski definition) is 2. The number of rotatable bonds is 4. The first-order chi connectivity index (χ1) is 10.7. The van der Waals surface area contributed by atoms with Crippen LogP contribution < -0.4 is 5.32 Å². The predicted octanol–water partition coefficient (Wildman–Crippen LogP) is 4.21. The molecule has 2 N–H and O–H groups in total. The van der Waals surface area contributed by atoms with Gasteiger partial charge in [-0.25, -0.2) is 0 Å². The maximum absolute atomic E-state index is 12.5. The van der Waals surface area contributed by atoms with Gasteiger partial charge in [0.1, 0.15) is 0 Å². The van der Waals surface area contributed by atoms with Crippen LogP contribution in [0, 0.1) is 0 Å².